The van der Waals surface area contributed by atoms with Crippen LogP contribution in [0.3, 0.4) is 0 Å². The van der Waals surface area contributed by atoms with Crippen LogP contribution in [0.2, 0.25) is 0 Å². The molecule has 0 heterocycles. The minimum atomic E-state index is -0.195. The van der Waals surface area contributed by atoms with Gasteiger partial charge in [0.1, 0.15) is 0 Å². The summed E-state index contributed by atoms with van der Waals surface area (Å²) < 4.78 is 0. The van der Waals surface area contributed by atoms with E-state index in [4.69, 9.17) is 0 Å². The number of aryl methyl sites for hydroxylation is 2. The van der Waals surface area contributed by atoms with E-state index >= 15 is 0 Å². The molecule has 214 valence electrons. The lowest BCUT2D eigenvalue weighted by Crippen LogP contribution is -2.14. The first-order valence-electron chi connectivity index (χ1n) is 13.8. The average Bonchev–Trinajstić information content (AvgIpc) is 2.97. The number of hydrogen-bond donors (Lipinski definition) is 4. The Balaban J connectivity index is 1.13. The predicted molar refractivity (Wildman–Crippen MR) is 167 cm³/mol. The van der Waals surface area contributed by atoms with Gasteiger partial charge in [-0.15, -0.1) is 0 Å². The second-order valence-corrected chi connectivity index (χ2v) is 10.1. The van der Waals surface area contributed by atoms with Gasteiger partial charge in [0.05, 0.1) is 0 Å². The average molecular weight is 563 g/mol. The van der Waals surface area contributed by atoms with E-state index in [0.29, 0.717) is 46.7 Å². The fourth-order valence-corrected chi connectivity index (χ4v) is 4.27. The van der Waals surface area contributed by atoms with E-state index in [2.05, 4.69) is 21.3 Å². The summed E-state index contributed by atoms with van der Waals surface area (Å²) in [7, 11) is 0. The third-order valence-corrected chi connectivity index (χ3v) is 6.47. The summed E-state index contributed by atoms with van der Waals surface area (Å²) in [5.41, 5.74) is 5.70. The molecule has 0 unspecified atom stereocenters. The van der Waals surface area contributed by atoms with E-state index in [1.807, 2.05) is 50.2 Å². The van der Waals surface area contributed by atoms with Crippen LogP contribution in [0.5, 0.6) is 0 Å². The standard InChI is InChI=1S/C34H34N4O4/c1-23-7-5-9-25(21-23)33(41)37-29-17-13-27(14-18-29)35-31(39)11-3-4-12-32(40)36-28-15-19-30(20-16-28)38-34(42)26-10-6-8-24(2)22-26/h5-10,13-22H,3-4,11-12H2,1-2H3,(H,35,39)(H,36,40)(H,37,41)(H,38,42). The normalized spacial score (nSPS) is 10.4. The SMILES string of the molecule is Cc1cccc(C(=O)Nc2ccc(NC(=O)CCCCC(=O)Nc3ccc(NC(=O)c4cccc(C)c4)cc3)cc2)c1. The highest BCUT2D eigenvalue weighted by Crippen LogP contribution is 2.18. The Kier molecular flexibility index (Phi) is 10.2. The van der Waals surface area contributed by atoms with Gasteiger partial charge in [0.2, 0.25) is 11.8 Å². The maximum absolute atomic E-state index is 12.4. The van der Waals surface area contributed by atoms with E-state index in [0.717, 1.165) is 11.1 Å². The minimum absolute atomic E-state index is 0.143. The Bertz CT molecular complexity index is 1440. The Morgan fingerprint density at radius 2 is 0.810 bits per heavy atom. The van der Waals surface area contributed by atoms with E-state index in [1.54, 1.807) is 60.7 Å². The summed E-state index contributed by atoms with van der Waals surface area (Å²) in [6.45, 7) is 3.86. The second kappa shape index (κ2) is 14.4. The van der Waals surface area contributed by atoms with Crippen molar-refractivity contribution in [2.75, 3.05) is 21.3 Å². The zero-order valence-corrected chi connectivity index (χ0v) is 23.7. The van der Waals surface area contributed by atoms with Gasteiger partial charge in [0, 0.05) is 46.7 Å². The highest BCUT2D eigenvalue weighted by Gasteiger charge is 2.09. The Labute approximate surface area is 245 Å². The topological polar surface area (TPSA) is 116 Å². The molecule has 4 aromatic carbocycles. The first-order valence-corrected chi connectivity index (χ1v) is 13.8. The number of rotatable bonds is 11. The summed E-state index contributed by atoms with van der Waals surface area (Å²) in [5.74, 6) is -0.677. The van der Waals surface area contributed by atoms with Crippen molar-refractivity contribution in [1.29, 1.82) is 0 Å². The van der Waals surface area contributed by atoms with Gasteiger partial charge < -0.3 is 21.3 Å². The highest BCUT2D eigenvalue weighted by molar-refractivity contribution is 6.05. The van der Waals surface area contributed by atoms with Crippen LogP contribution in [0.4, 0.5) is 22.7 Å². The molecule has 0 radical (unpaired) electrons. The van der Waals surface area contributed by atoms with Gasteiger partial charge in [-0.3, -0.25) is 19.2 Å². The van der Waals surface area contributed by atoms with Crippen LogP contribution in [0.15, 0.2) is 97.1 Å². The lowest BCUT2D eigenvalue weighted by Gasteiger charge is -2.09. The minimum Gasteiger partial charge on any atom is -0.326 e. The molecule has 0 saturated carbocycles. The van der Waals surface area contributed by atoms with Crippen LogP contribution < -0.4 is 21.3 Å². The van der Waals surface area contributed by atoms with Crippen molar-refractivity contribution in [2.45, 2.75) is 39.5 Å². The van der Waals surface area contributed by atoms with Crippen molar-refractivity contribution in [3.63, 3.8) is 0 Å². The summed E-state index contributed by atoms with van der Waals surface area (Å²) in [4.78, 5) is 49.5. The van der Waals surface area contributed by atoms with Crippen molar-refractivity contribution >= 4 is 46.4 Å². The fraction of sp³-hybridized carbons (Fsp3) is 0.176. The van der Waals surface area contributed by atoms with E-state index < -0.39 is 0 Å². The molecule has 0 bridgehead atoms. The molecule has 0 aromatic heterocycles. The molecular formula is C34H34N4O4. The molecular weight excluding hydrogens is 528 g/mol. The highest BCUT2D eigenvalue weighted by atomic mass is 16.2. The van der Waals surface area contributed by atoms with Gasteiger partial charge >= 0.3 is 0 Å². The van der Waals surface area contributed by atoms with Crippen LogP contribution in [-0.4, -0.2) is 23.6 Å². The van der Waals surface area contributed by atoms with Crippen molar-refractivity contribution in [3.8, 4) is 0 Å². The van der Waals surface area contributed by atoms with Gasteiger partial charge in [0.15, 0.2) is 0 Å². The second-order valence-electron chi connectivity index (χ2n) is 10.1. The maximum Gasteiger partial charge on any atom is 0.255 e. The lowest BCUT2D eigenvalue weighted by molar-refractivity contribution is -0.118. The third kappa shape index (κ3) is 9.16. The number of anilines is 4. The molecule has 8 nitrogen and oxygen atoms in total. The van der Waals surface area contributed by atoms with Crippen LogP contribution in [-0.2, 0) is 9.59 Å². The molecule has 4 N–H and O–H groups in total. The third-order valence-electron chi connectivity index (χ3n) is 6.47. The van der Waals surface area contributed by atoms with E-state index in [9.17, 15) is 19.2 Å². The quantitative estimate of drug-likeness (QED) is 0.148. The summed E-state index contributed by atoms with van der Waals surface area (Å²) >= 11 is 0. The zero-order valence-electron chi connectivity index (χ0n) is 23.7. The van der Waals surface area contributed by atoms with Gasteiger partial charge in [0.25, 0.3) is 11.8 Å². The number of carbonyl (C=O) groups is 4. The van der Waals surface area contributed by atoms with E-state index in [1.165, 1.54) is 0 Å². The molecule has 4 aromatic rings. The van der Waals surface area contributed by atoms with Gasteiger partial charge in [-0.25, -0.2) is 0 Å². The van der Waals surface area contributed by atoms with Crippen LogP contribution in [0.25, 0.3) is 0 Å². The molecule has 0 spiro atoms. The molecule has 42 heavy (non-hydrogen) atoms. The Morgan fingerprint density at radius 3 is 1.14 bits per heavy atom. The molecule has 0 aliphatic rings. The molecule has 0 saturated heterocycles. The molecule has 4 amide bonds. The largest absolute Gasteiger partial charge is 0.326 e. The first kappa shape index (κ1) is 29.7. The van der Waals surface area contributed by atoms with Gasteiger partial charge in [-0.2, -0.15) is 0 Å². The number of unbranched alkanes of at least 4 members (excludes halogenated alkanes) is 1. The summed E-state index contributed by atoms with van der Waals surface area (Å²) in [5, 5.41) is 11.4. The number of nitrogens with one attached hydrogen (secondary N) is 4. The van der Waals surface area contributed by atoms with Crippen LogP contribution >= 0.6 is 0 Å². The summed E-state index contributed by atoms with van der Waals surface area (Å²) in [6.07, 6.45) is 1.70. The smallest absolute Gasteiger partial charge is 0.255 e. The predicted octanol–water partition coefficient (Wildman–Crippen LogP) is 6.95. The van der Waals surface area contributed by atoms with Crippen molar-refractivity contribution in [3.05, 3.63) is 119 Å². The van der Waals surface area contributed by atoms with Crippen LogP contribution in [0.1, 0.15) is 57.5 Å². The number of hydrogen-bond acceptors (Lipinski definition) is 4. The van der Waals surface area contributed by atoms with Crippen molar-refractivity contribution < 1.29 is 19.2 Å². The molecule has 0 aliphatic carbocycles. The Morgan fingerprint density at radius 1 is 0.476 bits per heavy atom. The Hall–Kier alpha value is -5.24. The molecule has 4 rings (SSSR count). The lowest BCUT2D eigenvalue weighted by atomic mass is 10.1. The number of benzene rings is 4. The number of carbonyl (C=O) groups excluding carboxylic acids is 4. The number of amides is 4. The zero-order chi connectivity index (χ0) is 29.9. The van der Waals surface area contributed by atoms with Crippen molar-refractivity contribution in [2.24, 2.45) is 0 Å². The molecule has 0 aliphatic heterocycles. The summed E-state index contributed by atoms with van der Waals surface area (Å²) in [6, 6.07) is 28.6. The van der Waals surface area contributed by atoms with E-state index in [-0.39, 0.29) is 36.5 Å². The van der Waals surface area contributed by atoms with Gasteiger partial charge in [-0.05, 0) is 99.5 Å². The first-order chi connectivity index (χ1) is 20.2. The maximum atomic E-state index is 12.4. The fourth-order valence-electron chi connectivity index (χ4n) is 4.27. The molecule has 0 fully saturated rings. The van der Waals surface area contributed by atoms with Crippen LogP contribution in [0, 0.1) is 13.8 Å². The molecule has 8 heteroatoms. The van der Waals surface area contributed by atoms with Crippen molar-refractivity contribution in [1.82, 2.24) is 0 Å². The molecule has 0 atom stereocenters. The monoisotopic (exact) mass is 562 g/mol. The van der Waals surface area contributed by atoms with Gasteiger partial charge in [-0.1, -0.05) is 35.4 Å².